The SMILES string of the molecule is O=C(O)Cc1nn(CNC(=O)c2cccc(C(F)(F)F)c2)c(=O)c2ccccc12. The first-order valence-electron chi connectivity index (χ1n) is 8.33. The van der Waals surface area contributed by atoms with E-state index in [2.05, 4.69) is 10.4 Å². The van der Waals surface area contributed by atoms with Gasteiger partial charge in [0.2, 0.25) is 0 Å². The lowest BCUT2D eigenvalue weighted by molar-refractivity contribution is -0.138. The highest BCUT2D eigenvalue weighted by atomic mass is 19.4. The molecule has 1 aromatic heterocycles. The van der Waals surface area contributed by atoms with Crippen LogP contribution in [-0.4, -0.2) is 26.8 Å². The van der Waals surface area contributed by atoms with E-state index in [0.29, 0.717) is 11.5 Å². The van der Waals surface area contributed by atoms with Gasteiger partial charge in [-0.15, -0.1) is 0 Å². The number of hydrogen-bond donors (Lipinski definition) is 2. The molecule has 0 saturated carbocycles. The third-order valence-electron chi connectivity index (χ3n) is 4.10. The quantitative estimate of drug-likeness (QED) is 0.679. The highest BCUT2D eigenvalue weighted by molar-refractivity contribution is 5.94. The summed E-state index contributed by atoms with van der Waals surface area (Å²) in [5.74, 6) is -1.99. The van der Waals surface area contributed by atoms with Crippen LogP contribution >= 0.6 is 0 Å². The van der Waals surface area contributed by atoms with Crippen LogP contribution in [0.4, 0.5) is 13.2 Å². The average Bonchev–Trinajstić information content (AvgIpc) is 2.68. The summed E-state index contributed by atoms with van der Waals surface area (Å²) in [6.45, 7) is -0.439. The van der Waals surface area contributed by atoms with Crippen LogP contribution in [0.3, 0.4) is 0 Å². The number of nitrogens with zero attached hydrogens (tertiary/aromatic N) is 2. The minimum absolute atomic E-state index is 0.126. The van der Waals surface area contributed by atoms with E-state index in [1.807, 2.05) is 0 Å². The molecule has 150 valence electrons. The van der Waals surface area contributed by atoms with E-state index in [1.54, 1.807) is 18.2 Å². The van der Waals surface area contributed by atoms with Gasteiger partial charge >= 0.3 is 12.1 Å². The van der Waals surface area contributed by atoms with Gasteiger partial charge in [0.1, 0.15) is 6.67 Å². The van der Waals surface area contributed by atoms with Gasteiger partial charge in [0.05, 0.1) is 23.1 Å². The fourth-order valence-electron chi connectivity index (χ4n) is 2.77. The summed E-state index contributed by atoms with van der Waals surface area (Å²) in [6.07, 6.45) is -5.04. The molecule has 1 amide bonds. The highest BCUT2D eigenvalue weighted by Crippen LogP contribution is 2.29. The molecule has 0 bridgehead atoms. The zero-order chi connectivity index (χ0) is 21.2. The van der Waals surface area contributed by atoms with Gasteiger partial charge in [0.15, 0.2) is 0 Å². The van der Waals surface area contributed by atoms with Crippen molar-refractivity contribution < 1.29 is 27.9 Å². The number of carboxylic acids is 1. The second-order valence-corrected chi connectivity index (χ2v) is 6.11. The third-order valence-corrected chi connectivity index (χ3v) is 4.10. The Hall–Kier alpha value is -3.69. The Balaban J connectivity index is 1.89. The van der Waals surface area contributed by atoms with Crippen LogP contribution in [0.15, 0.2) is 53.3 Å². The molecular formula is C19H14F3N3O4. The summed E-state index contributed by atoms with van der Waals surface area (Å²) in [7, 11) is 0. The lowest BCUT2D eigenvalue weighted by Crippen LogP contribution is -2.34. The summed E-state index contributed by atoms with van der Waals surface area (Å²) in [5, 5.41) is 16.0. The molecule has 0 saturated heterocycles. The Morgan fingerprint density at radius 2 is 1.76 bits per heavy atom. The van der Waals surface area contributed by atoms with E-state index < -0.39 is 42.3 Å². The maximum Gasteiger partial charge on any atom is 0.416 e. The molecule has 0 aliphatic heterocycles. The van der Waals surface area contributed by atoms with Crippen molar-refractivity contribution in [1.29, 1.82) is 0 Å². The Bertz CT molecular complexity index is 1160. The minimum atomic E-state index is -4.60. The number of carboxylic acid groups (broad SMARTS) is 1. The van der Waals surface area contributed by atoms with Gasteiger partial charge in [-0.2, -0.15) is 18.3 Å². The minimum Gasteiger partial charge on any atom is -0.481 e. The van der Waals surface area contributed by atoms with Gasteiger partial charge in [-0.05, 0) is 24.3 Å². The predicted octanol–water partition coefficient (Wildman–Crippen LogP) is 2.43. The largest absolute Gasteiger partial charge is 0.481 e. The summed E-state index contributed by atoms with van der Waals surface area (Å²) in [6, 6.07) is 10.1. The Morgan fingerprint density at radius 1 is 1.07 bits per heavy atom. The fourth-order valence-corrected chi connectivity index (χ4v) is 2.77. The molecule has 3 aromatic rings. The van der Waals surface area contributed by atoms with Crippen molar-refractivity contribution in [3.63, 3.8) is 0 Å². The number of hydrogen-bond acceptors (Lipinski definition) is 4. The number of benzene rings is 2. The smallest absolute Gasteiger partial charge is 0.416 e. The fraction of sp³-hybridized carbons (Fsp3) is 0.158. The van der Waals surface area contributed by atoms with Crippen molar-refractivity contribution in [2.75, 3.05) is 0 Å². The molecule has 10 heteroatoms. The van der Waals surface area contributed by atoms with E-state index in [9.17, 15) is 27.6 Å². The maximum atomic E-state index is 12.8. The number of nitrogens with one attached hydrogen (secondary N) is 1. The van der Waals surface area contributed by atoms with Crippen molar-refractivity contribution in [3.8, 4) is 0 Å². The van der Waals surface area contributed by atoms with Crippen LogP contribution in [0.5, 0.6) is 0 Å². The van der Waals surface area contributed by atoms with Crippen molar-refractivity contribution in [2.45, 2.75) is 19.3 Å². The third kappa shape index (κ3) is 4.42. The van der Waals surface area contributed by atoms with Crippen molar-refractivity contribution >= 4 is 22.6 Å². The van der Waals surface area contributed by atoms with Crippen LogP contribution in [0.1, 0.15) is 21.6 Å². The molecule has 0 aliphatic rings. The van der Waals surface area contributed by atoms with Gasteiger partial charge in [-0.25, -0.2) is 4.68 Å². The Morgan fingerprint density at radius 3 is 2.41 bits per heavy atom. The first-order chi connectivity index (χ1) is 13.7. The molecule has 1 heterocycles. The van der Waals surface area contributed by atoms with E-state index in [4.69, 9.17) is 5.11 Å². The molecule has 0 spiro atoms. The van der Waals surface area contributed by atoms with E-state index in [1.165, 1.54) is 12.1 Å². The molecule has 0 atom stereocenters. The number of carbonyl (C=O) groups is 2. The average molecular weight is 405 g/mol. The van der Waals surface area contributed by atoms with Crippen molar-refractivity contribution in [2.24, 2.45) is 0 Å². The number of amides is 1. The molecule has 0 aliphatic carbocycles. The molecule has 0 fully saturated rings. The van der Waals surface area contributed by atoms with Gasteiger partial charge in [0, 0.05) is 10.9 Å². The first kappa shape index (κ1) is 20.1. The monoisotopic (exact) mass is 405 g/mol. The first-order valence-corrected chi connectivity index (χ1v) is 8.33. The van der Waals surface area contributed by atoms with Crippen molar-refractivity contribution in [1.82, 2.24) is 15.1 Å². The standard InChI is InChI=1S/C19H14F3N3O4/c20-19(21,22)12-5-3-4-11(8-12)17(28)23-10-25-18(29)14-7-2-1-6-13(14)15(24-25)9-16(26)27/h1-8H,9-10H2,(H,23,28)(H,26,27). The lowest BCUT2D eigenvalue weighted by atomic mass is 10.1. The van der Waals surface area contributed by atoms with E-state index >= 15 is 0 Å². The van der Waals surface area contributed by atoms with Gasteiger partial charge in [0.25, 0.3) is 11.5 Å². The molecule has 3 rings (SSSR count). The van der Waals surface area contributed by atoms with E-state index in [-0.39, 0.29) is 16.6 Å². The molecule has 0 radical (unpaired) electrons. The predicted molar refractivity (Wildman–Crippen MR) is 96.3 cm³/mol. The Labute approximate surface area is 161 Å². The topological polar surface area (TPSA) is 101 Å². The molecule has 2 aromatic carbocycles. The van der Waals surface area contributed by atoms with Crippen LogP contribution < -0.4 is 10.9 Å². The number of alkyl halides is 3. The molecule has 29 heavy (non-hydrogen) atoms. The number of carbonyl (C=O) groups excluding carboxylic acids is 1. The molecular weight excluding hydrogens is 391 g/mol. The molecule has 7 nitrogen and oxygen atoms in total. The van der Waals surface area contributed by atoms with Gasteiger partial charge in [-0.1, -0.05) is 24.3 Å². The Kier molecular flexibility index (Phi) is 5.35. The number of aromatic nitrogens is 2. The number of fused-ring (bicyclic) bond motifs is 1. The van der Waals surface area contributed by atoms with Crippen LogP contribution in [0.2, 0.25) is 0 Å². The second-order valence-electron chi connectivity index (χ2n) is 6.11. The summed E-state index contributed by atoms with van der Waals surface area (Å²) in [4.78, 5) is 35.9. The van der Waals surface area contributed by atoms with Crippen LogP contribution in [0, 0.1) is 0 Å². The highest BCUT2D eigenvalue weighted by Gasteiger charge is 2.30. The number of aliphatic carboxylic acids is 1. The summed E-state index contributed by atoms with van der Waals surface area (Å²) < 4.78 is 39.3. The molecule has 2 N–H and O–H groups in total. The lowest BCUT2D eigenvalue weighted by Gasteiger charge is -2.12. The zero-order valence-corrected chi connectivity index (χ0v) is 14.7. The summed E-state index contributed by atoms with van der Waals surface area (Å²) in [5.41, 5.74) is -1.66. The van der Waals surface area contributed by atoms with Crippen LogP contribution in [-0.2, 0) is 24.1 Å². The summed E-state index contributed by atoms with van der Waals surface area (Å²) >= 11 is 0. The van der Waals surface area contributed by atoms with Gasteiger partial charge in [-0.3, -0.25) is 14.4 Å². The van der Waals surface area contributed by atoms with Crippen LogP contribution in [0.25, 0.3) is 10.8 Å². The van der Waals surface area contributed by atoms with E-state index in [0.717, 1.165) is 16.8 Å². The zero-order valence-electron chi connectivity index (χ0n) is 14.7. The maximum absolute atomic E-state index is 12.8. The number of rotatable bonds is 5. The molecule has 0 unspecified atom stereocenters. The number of halogens is 3. The second kappa shape index (κ2) is 7.74. The van der Waals surface area contributed by atoms with Gasteiger partial charge < -0.3 is 10.4 Å². The normalized spacial score (nSPS) is 11.4. The van der Waals surface area contributed by atoms with Crippen molar-refractivity contribution in [3.05, 3.63) is 75.7 Å².